The molecule has 4 aliphatic heterocycles. The minimum absolute atomic E-state index is 0.0795. The van der Waals surface area contributed by atoms with Crippen LogP contribution in [0.25, 0.3) is 0 Å². The number of carbonyl (C=O) groups is 3. The van der Waals surface area contributed by atoms with Gasteiger partial charge in [0.15, 0.2) is 5.78 Å². The highest BCUT2D eigenvalue weighted by Gasteiger charge is 2.81. The van der Waals surface area contributed by atoms with E-state index in [0.29, 0.717) is 17.8 Å². The summed E-state index contributed by atoms with van der Waals surface area (Å²) in [4.78, 5) is 45.5. The molecule has 0 aromatic heterocycles. The van der Waals surface area contributed by atoms with Crippen LogP contribution in [-0.4, -0.2) is 35.1 Å². The maximum absolute atomic E-state index is 14.4. The number of Topliss-reactive ketones (excluding diaryl/α,β-unsaturated/α-hetero) is 1. The molecule has 0 saturated carbocycles. The van der Waals surface area contributed by atoms with Gasteiger partial charge in [-0.2, -0.15) is 0 Å². The molecule has 3 aromatic carbocycles. The SMILES string of the molecule is CCc1ccc2c(c1)[C@]1(C(=O)N2)N2CCC[C@@H]2[C@@H](C(=O)c2ccccc2)[C@@]12C(=O)Nc1ccccc12. The Morgan fingerprint density at radius 2 is 1.64 bits per heavy atom. The Morgan fingerprint density at radius 1 is 0.917 bits per heavy atom. The van der Waals surface area contributed by atoms with Gasteiger partial charge in [0.05, 0.1) is 5.92 Å². The Labute approximate surface area is 209 Å². The molecule has 7 rings (SSSR count). The molecular weight excluding hydrogens is 450 g/mol. The summed E-state index contributed by atoms with van der Waals surface area (Å²) in [7, 11) is 0. The summed E-state index contributed by atoms with van der Waals surface area (Å²) in [6.07, 6.45) is 2.45. The Kier molecular flexibility index (Phi) is 4.40. The predicted molar refractivity (Wildman–Crippen MR) is 137 cm³/mol. The topological polar surface area (TPSA) is 78.5 Å². The summed E-state index contributed by atoms with van der Waals surface area (Å²) < 4.78 is 0. The van der Waals surface area contributed by atoms with E-state index in [1.54, 1.807) is 0 Å². The van der Waals surface area contributed by atoms with Gasteiger partial charge in [-0.1, -0.05) is 67.6 Å². The van der Waals surface area contributed by atoms with E-state index in [-0.39, 0.29) is 23.6 Å². The van der Waals surface area contributed by atoms with E-state index in [2.05, 4.69) is 28.5 Å². The lowest BCUT2D eigenvalue weighted by molar-refractivity contribution is -0.137. The molecule has 0 radical (unpaired) electrons. The zero-order chi connectivity index (χ0) is 24.7. The zero-order valence-corrected chi connectivity index (χ0v) is 20.1. The number of ketones is 1. The highest BCUT2D eigenvalue weighted by molar-refractivity contribution is 6.21. The number of carbonyl (C=O) groups excluding carboxylic acids is 3. The second-order valence-corrected chi connectivity index (χ2v) is 10.3. The van der Waals surface area contributed by atoms with Gasteiger partial charge in [-0.05, 0) is 49.1 Å². The van der Waals surface area contributed by atoms with Crippen molar-refractivity contribution in [2.45, 2.75) is 43.2 Å². The van der Waals surface area contributed by atoms with Crippen LogP contribution in [0.4, 0.5) is 11.4 Å². The zero-order valence-electron chi connectivity index (χ0n) is 20.1. The molecular formula is C30H27N3O3. The quantitative estimate of drug-likeness (QED) is 0.553. The van der Waals surface area contributed by atoms with Crippen molar-refractivity contribution in [2.24, 2.45) is 5.92 Å². The van der Waals surface area contributed by atoms with Crippen molar-refractivity contribution in [3.8, 4) is 0 Å². The lowest BCUT2D eigenvalue weighted by Crippen LogP contribution is -2.62. The summed E-state index contributed by atoms with van der Waals surface area (Å²) in [5.41, 5.74) is 1.94. The number of para-hydroxylation sites is 1. The van der Waals surface area contributed by atoms with E-state index in [4.69, 9.17) is 0 Å². The van der Waals surface area contributed by atoms with E-state index in [0.717, 1.165) is 41.6 Å². The molecule has 4 heterocycles. The van der Waals surface area contributed by atoms with Crippen LogP contribution in [-0.2, 0) is 27.0 Å². The third-order valence-electron chi connectivity index (χ3n) is 8.91. The van der Waals surface area contributed by atoms with Gasteiger partial charge in [0.25, 0.3) is 5.91 Å². The van der Waals surface area contributed by atoms with Crippen LogP contribution in [0.15, 0.2) is 72.8 Å². The van der Waals surface area contributed by atoms with Crippen molar-refractivity contribution in [1.29, 1.82) is 0 Å². The van der Waals surface area contributed by atoms with Crippen molar-refractivity contribution < 1.29 is 14.4 Å². The highest BCUT2D eigenvalue weighted by Crippen LogP contribution is 2.67. The minimum atomic E-state index is -1.39. The van der Waals surface area contributed by atoms with Crippen molar-refractivity contribution in [3.05, 3.63) is 95.1 Å². The first kappa shape index (κ1) is 21.5. The maximum Gasteiger partial charge on any atom is 0.251 e. The average molecular weight is 478 g/mol. The molecule has 2 N–H and O–H groups in total. The fraction of sp³-hybridized carbons (Fsp3) is 0.300. The fourth-order valence-electron chi connectivity index (χ4n) is 7.63. The number of hydrogen-bond donors (Lipinski definition) is 2. The van der Waals surface area contributed by atoms with Crippen molar-refractivity contribution in [2.75, 3.05) is 17.2 Å². The molecule has 0 unspecified atom stereocenters. The first-order valence-corrected chi connectivity index (χ1v) is 12.8. The van der Waals surface area contributed by atoms with Gasteiger partial charge in [-0.25, -0.2) is 0 Å². The van der Waals surface area contributed by atoms with Gasteiger partial charge in [0, 0.05) is 28.5 Å². The van der Waals surface area contributed by atoms with Crippen molar-refractivity contribution in [1.82, 2.24) is 4.90 Å². The Balaban J connectivity index is 1.60. The van der Waals surface area contributed by atoms with E-state index in [1.165, 1.54) is 0 Å². The number of nitrogens with zero attached hydrogens (tertiary/aromatic N) is 1. The molecule has 2 amide bonds. The maximum atomic E-state index is 14.4. The van der Waals surface area contributed by atoms with Crippen molar-refractivity contribution in [3.63, 3.8) is 0 Å². The molecule has 6 heteroatoms. The molecule has 180 valence electrons. The fourth-order valence-corrected chi connectivity index (χ4v) is 7.63. The smallest absolute Gasteiger partial charge is 0.251 e. The molecule has 6 nitrogen and oxygen atoms in total. The Bertz CT molecular complexity index is 1450. The second kappa shape index (κ2) is 7.37. The number of fused-ring (bicyclic) bond motifs is 7. The number of aryl methyl sites for hydroxylation is 1. The first-order valence-electron chi connectivity index (χ1n) is 12.8. The highest BCUT2D eigenvalue weighted by atomic mass is 16.2. The van der Waals surface area contributed by atoms with Gasteiger partial charge in [-0.15, -0.1) is 0 Å². The van der Waals surface area contributed by atoms with E-state index < -0.39 is 16.9 Å². The summed E-state index contributed by atoms with van der Waals surface area (Å²) in [5, 5.41) is 6.21. The van der Waals surface area contributed by atoms with Crippen LogP contribution in [0.1, 0.15) is 46.8 Å². The van der Waals surface area contributed by atoms with Gasteiger partial charge >= 0.3 is 0 Å². The van der Waals surface area contributed by atoms with Crippen LogP contribution in [0.2, 0.25) is 0 Å². The van der Waals surface area contributed by atoms with Crippen molar-refractivity contribution >= 4 is 29.0 Å². The second-order valence-electron chi connectivity index (χ2n) is 10.3. The minimum Gasteiger partial charge on any atom is -0.325 e. The summed E-state index contributed by atoms with van der Waals surface area (Å²) in [6, 6.07) is 22.6. The number of benzene rings is 3. The normalized spacial score (nSPS) is 29.8. The Morgan fingerprint density at radius 3 is 2.44 bits per heavy atom. The number of rotatable bonds is 3. The van der Waals surface area contributed by atoms with Crippen LogP contribution < -0.4 is 10.6 Å². The molecule has 2 fully saturated rings. The lowest BCUT2D eigenvalue weighted by atomic mass is 9.57. The van der Waals surface area contributed by atoms with E-state index >= 15 is 0 Å². The molecule has 2 saturated heterocycles. The van der Waals surface area contributed by atoms with Crippen LogP contribution in [0.3, 0.4) is 0 Å². The van der Waals surface area contributed by atoms with Crippen LogP contribution in [0, 0.1) is 5.92 Å². The van der Waals surface area contributed by atoms with Gasteiger partial charge in [-0.3, -0.25) is 19.3 Å². The largest absolute Gasteiger partial charge is 0.325 e. The van der Waals surface area contributed by atoms with Crippen LogP contribution >= 0.6 is 0 Å². The third-order valence-corrected chi connectivity index (χ3v) is 8.91. The third kappa shape index (κ3) is 2.33. The van der Waals surface area contributed by atoms with Gasteiger partial charge < -0.3 is 10.6 Å². The van der Waals surface area contributed by atoms with E-state index in [9.17, 15) is 14.4 Å². The number of nitrogens with one attached hydrogen (secondary N) is 2. The summed E-state index contributed by atoms with van der Waals surface area (Å²) >= 11 is 0. The number of hydrogen-bond acceptors (Lipinski definition) is 4. The lowest BCUT2D eigenvalue weighted by Gasteiger charge is -2.43. The monoisotopic (exact) mass is 477 g/mol. The molecule has 4 aliphatic rings. The average Bonchev–Trinajstić information content (AvgIpc) is 3.62. The molecule has 0 bridgehead atoms. The number of amides is 2. The summed E-state index contributed by atoms with van der Waals surface area (Å²) in [5.74, 6) is -1.26. The summed E-state index contributed by atoms with van der Waals surface area (Å²) in [6.45, 7) is 2.74. The predicted octanol–water partition coefficient (Wildman–Crippen LogP) is 4.26. The molecule has 3 aromatic rings. The van der Waals surface area contributed by atoms with Crippen LogP contribution in [0.5, 0.6) is 0 Å². The molecule has 4 atom stereocenters. The van der Waals surface area contributed by atoms with Gasteiger partial charge in [0.1, 0.15) is 11.0 Å². The van der Waals surface area contributed by atoms with Gasteiger partial charge in [0.2, 0.25) is 5.91 Å². The molecule has 36 heavy (non-hydrogen) atoms. The number of anilines is 2. The molecule has 2 spiro atoms. The standard InChI is InChI=1S/C30H27N3O3/c1-2-18-14-15-23-21(17-18)30(28(36)32-23)29(20-11-6-7-12-22(20)31-27(29)35)25(24-13-8-16-33(24)30)26(34)19-9-4-3-5-10-19/h3-7,9-12,14-15,17,24-25H,2,8,13,16H2,1H3,(H,31,35)(H,32,36)/t24-,25+,29+,30-/m1/s1. The van der Waals surface area contributed by atoms with E-state index in [1.807, 2.05) is 66.7 Å². The molecule has 0 aliphatic carbocycles. The first-order chi connectivity index (χ1) is 17.5. The Hall–Kier alpha value is -3.77.